The van der Waals surface area contributed by atoms with Crippen molar-refractivity contribution in [2.45, 2.75) is 71.2 Å². The number of ether oxygens (including phenoxy) is 1. The molecule has 2 atom stereocenters. The van der Waals surface area contributed by atoms with E-state index in [9.17, 15) is 14.0 Å². The summed E-state index contributed by atoms with van der Waals surface area (Å²) in [6.45, 7) is 10.5. The monoisotopic (exact) mass is 762 g/mol. The number of thioether (sulfide) groups is 1. The van der Waals surface area contributed by atoms with Crippen LogP contribution < -0.4 is 10.0 Å². The SMILES string of the molecule is CCOP(=O)(O)c1cc(-c2ccc(CSCc3ccc(C(F)(F)P(=O)(OCC)OCC)c(Br)c3)cc2)ccc1OC(C)CC(C)C. The van der Waals surface area contributed by atoms with Gasteiger partial charge in [0.25, 0.3) is 0 Å². The van der Waals surface area contributed by atoms with Crippen LogP contribution in [-0.2, 0) is 39.9 Å². The second kappa shape index (κ2) is 17.2. The van der Waals surface area contributed by atoms with Crippen LogP contribution >= 0.6 is 42.9 Å². The second-order valence-electron chi connectivity index (χ2n) is 11.1. The van der Waals surface area contributed by atoms with Crippen molar-refractivity contribution < 1.29 is 41.1 Å². The summed E-state index contributed by atoms with van der Waals surface area (Å²) in [6, 6.07) is 17.5. The van der Waals surface area contributed by atoms with Crippen molar-refractivity contribution in [1.82, 2.24) is 0 Å². The largest absolute Gasteiger partial charge is 0.490 e. The first-order valence-electron chi connectivity index (χ1n) is 15.2. The molecule has 0 fully saturated rings. The summed E-state index contributed by atoms with van der Waals surface area (Å²) < 4.78 is 77.6. The Morgan fingerprint density at radius 2 is 1.39 bits per heavy atom. The summed E-state index contributed by atoms with van der Waals surface area (Å²) in [7, 11) is -8.81. The first kappa shape index (κ1) is 38.9. The van der Waals surface area contributed by atoms with Crippen LogP contribution in [0.1, 0.15) is 64.7 Å². The Morgan fingerprint density at radius 1 is 0.826 bits per heavy atom. The van der Waals surface area contributed by atoms with Crippen molar-refractivity contribution in [1.29, 1.82) is 0 Å². The van der Waals surface area contributed by atoms with Gasteiger partial charge in [-0.05, 0) is 80.5 Å². The molecule has 3 aromatic rings. The van der Waals surface area contributed by atoms with Gasteiger partial charge in [0.05, 0.1) is 25.9 Å². The number of halogens is 3. The van der Waals surface area contributed by atoms with E-state index in [4.69, 9.17) is 18.3 Å². The van der Waals surface area contributed by atoms with Crippen molar-refractivity contribution >= 4 is 48.2 Å². The summed E-state index contributed by atoms with van der Waals surface area (Å²) in [5.74, 6) is 1.98. The average Bonchev–Trinajstić information content (AvgIpc) is 2.97. The lowest BCUT2D eigenvalue weighted by atomic mass is 10.0. The van der Waals surface area contributed by atoms with Gasteiger partial charge in [0.2, 0.25) is 0 Å². The van der Waals surface area contributed by atoms with Crippen LogP contribution in [0.25, 0.3) is 11.1 Å². The van der Waals surface area contributed by atoms with Crippen molar-refractivity contribution in [2.24, 2.45) is 5.92 Å². The third kappa shape index (κ3) is 9.99. The second-order valence-corrected chi connectivity index (χ2v) is 16.8. The lowest BCUT2D eigenvalue weighted by molar-refractivity contribution is 0.0354. The first-order chi connectivity index (χ1) is 21.7. The zero-order valence-electron chi connectivity index (χ0n) is 27.0. The highest BCUT2D eigenvalue weighted by Gasteiger charge is 2.55. The number of hydrogen-bond acceptors (Lipinski definition) is 7. The zero-order valence-corrected chi connectivity index (χ0v) is 31.2. The van der Waals surface area contributed by atoms with E-state index in [1.54, 1.807) is 43.0 Å². The van der Waals surface area contributed by atoms with E-state index in [2.05, 4.69) is 29.8 Å². The predicted molar refractivity (Wildman–Crippen MR) is 186 cm³/mol. The maximum Gasteiger partial charge on any atom is 0.404 e. The molecule has 0 saturated heterocycles. The van der Waals surface area contributed by atoms with Gasteiger partial charge in [-0.15, -0.1) is 0 Å². The van der Waals surface area contributed by atoms with Gasteiger partial charge in [0.15, 0.2) is 0 Å². The van der Waals surface area contributed by atoms with Gasteiger partial charge in [0, 0.05) is 21.5 Å². The fourth-order valence-electron chi connectivity index (χ4n) is 4.85. The topological polar surface area (TPSA) is 91.3 Å². The molecule has 7 nitrogen and oxygen atoms in total. The Bertz CT molecular complexity index is 1530. The summed E-state index contributed by atoms with van der Waals surface area (Å²) in [4.78, 5) is 10.7. The molecule has 0 aromatic heterocycles. The molecule has 0 saturated carbocycles. The van der Waals surface area contributed by atoms with Crippen molar-refractivity contribution in [3.63, 3.8) is 0 Å². The fraction of sp³-hybridized carbons (Fsp3) is 0.455. The molecule has 0 spiro atoms. The molecule has 3 aromatic carbocycles. The van der Waals surface area contributed by atoms with Gasteiger partial charge >= 0.3 is 20.9 Å². The van der Waals surface area contributed by atoms with E-state index in [1.165, 1.54) is 19.9 Å². The van der Waals surface area contributed by atoms with Gasteiger partial charge in [-0.1, -0.05) is 72.2 Å². The van der Waals surface area contributed by atoms with Crippen LogP contribution in [0.3, 0.4) is 0 Å². The molecule has 1 N–H and O–H groups in total. The van der Waals surface area contributed by atoms with Gasteiger partial charge in [-0.3, -0.25) is 9.13 Å². The Kier molecular flexibility index (Phi) is 14.6. The van der Waals surface area contributed by atoms with E-state index in [0.29, 0.717) is 23.2 Å². The molecule has 46 heavy (non-hydrogen) atoms. The highest BCUT2D eigenvalue weighted by Crippen LogP contribution is 2.67. The zero-order chi connectivity index (χ0) is 34.1. The quantitative estimate of drug-likeness (QED) is 0.128. The number of hydrogen-bond donors (Lipinski definition) is 1. The molecule has 0 radical (unpaired) electrons. The van der Waals surface area contributed by atoms with Crippen LogP contribution in [0.2, 0.25) is 0 Å². The molecule has 0 amide bonds. The Balaban J connectivity index is 1.71. The van der Waals surface area contributed by atoms with Crippen LogP contribution in [-0.4, -0.2) is 30.8 Å². The minimum absolute atomic E-state index is 0.0862. The lowest BCUT2D eigenvalue weighted by Crippen LogP contribution is -2.20. The molecule has 2 unspecified atom stereocenters. The molecule has 13 heteroatoms. The Morgan fingerprint density at radius 3 is 1.96 bits per heavy atom. The van der Waals surface area contributed by atoms with E-state index in [1.807, 2.05) is 37.3 Å². The molecule has 0 aliphatic rings. The van der Waals surface area contributed by atoms with Gasteiger partial charge in [-0.25, -0.2) is 0 Å². The van der Waals surface area contributed by atoms with Gasteiger partial charge < -0.3 is 23.2 Å². The van der Waals surface area contributed by atoms with Crippen molar-refractivity contribution in [3.05, 3.63) is 81.8 Å². The average molecular weight is 764 g/mol. The van der Waals surface area contributed by atoms with Crippen LogP contribution in [0.4, 0.5) is 8.78 Å². The molecule has 3 rings (SSSR count). The van der Waals surface area contributed by atoms with Crippen LogP contribution in [0.15, 0.2) is 65.1 Å². The van der Waals surface area contributed by atoms with E-state index < -0.39 is 26.4 Å². The minimum atomic E-state index is -4.71. The Labute approximate surface area is 284 Å². The summed E-state index contributed by atoms with van der Waals surface area (Å²) in [5, 5.41) is 0.135. The van der Waals surface area contributed by atoms with Gasteiger partial charge in [0.1, 0.15) is 11.1 Å². The molecule has 0 aliphatic carbocycles. The molecular formula is C33H43BrF2O7P2S. The number of benzene rings is 3. The van der Waals surface area contributed by atoms with Crippen LogP contribution in [0, 0.1) is 5.92 Å². The van der Waals surface area contributed by atoms with Crippen molar-refractivity contribution in [3.8, 4) is 16.9 Å². The highest BCUT2D eigenvalue weighted by atomic mass is 79.9. The van der Waals surface area contributed by atoms with Crippen molar-refractivity contribution in [2.75, 3.05) is 19.8 Å². The molecule has 0 bridgehead atoms. The predicted octanol–water partition coefficient (Wildman–Crippen LogP) is 10.5. The fourth-order valence-corrected chi connectivity index (χ4v) is 9.39. The minimum Gasteiger partial charge on any atom is -0.490 e. The molecule has 0 heterocycles. The van der Waals surface area contributed by atoms with Crippen LogP contribution in [0.5, 0.6) is 5.75 Å². The smallest absolute Gasteiger partial charge is 0.404 e. The third-order valence-corrected chi connectivity index (χ3v) is 12.2. The maximum atomic E-state index is 15.2. The highest BCUT2D eigenvalue weighted by molar-refractivity contribution is 9.10. The normalized spacial score (nSPS) is 14.3. The summed E-state index contributed by atoms with van der Waals surface area (Å²) >= 11 is 4.84. The first-order valence-corrected chi connectivity index (χ1v) is 20.3. The summed E-state index contributed by atoms with van der Waals surface area (Å²) in [6.07, 6.45) is 0.665. The number of alkyl halides is 2. The van der Waals surface area contributed by atoms with E-state index in [0.717, 1.165) is 28.7 Å². The Hall–Kier alpha value is -1.55. The van der Waals surface area contributed by atoms with Gasteiger partial charge in [-0.2, -0.15) is 20.5 Å². The summed E-state index contributed by atoms with van der Waals surface area (Å²) in [5.41, 5.74) is -0.778. The standard InChI is InChI=1S/C33H43BrF2O7P2S/c1-7-40-44(37,38)32-20-28(15-17-31(32)43-24(6)18-23(4)5)27-13-10-25(11-14-27)21-46-22-26-12-16-29(30(34)19-26)33(35,36)45(39,41-8-2)42-9-3/h10-17,19-20,23-24H,7-9,18,21-22H2,1-6H3,(H,37,38). The lowest BCUT2D eigenvalue weighted by Gasteiger charge is -2.26. The molecule has 254 valence electrons. The van der Waals surface area contributed by atoms with E-state index in [-0.39, 0.29) is 35.7 Å². The number of rotatable bonds is 18. The molecular weight excluding hydrogens is 720 g/mol. The van der Waals surface area contributed by atoms with E-state index >= 15 is 8.78 Å². The maximum absolute atomic E-state index is 15.2. The molecule has 0 aliphatic heterocycles. The third-order valence-electron chi connectivity index (χ3n) is 6.82.